The normalized spacial score (nSPS) is 11.7. The Balaban J connectivity index is 1.46. The highest BCUT2D eigenvalue weighted by Crippen LogP contribution is 2.26. The molecule has 0 heterocycles. The Kier molecular flexibility index (Phi) is 13.5. The lowest BCUT2D eigenvalue weighted by Crippen LogP contribution is -2.08. The van der Waals surface area contributed by atoms with Gasteiger partial charge in [-0.15, -0.1) is 0 Å². The first kappa shape index (κ1) is 31.1. The molecule has 3 rings (SSSR count). The highest BCUT2D eigenvalue weighted by Gasteiger charge is 2.11. The highest BCUT2D eigenvalue weighted by atomic mass is 16.5. The Morgan fingerprint density at radius 2 is 1.10 bits per heavy atom. The van der Waals surface area contributed by atoms with Crippen LogP contribution in [0, 0.1) is 0 Å². The summed E-state index contributed by atoms with van der Waals surface area (Å²) < 4.78 is 11.1. The van der Waals surface area contributed by atoms with Crippen LogP contribution in [0.25, 0.3) is 11.1 Å². The Hall–Kier alpha value is -3.40. The summed E-state index contributed by atoms with van der Waals surface area (Å²) in [7, 11) is 0. The standard InChI is InChI=1S/C36H46O4/c1-4-6-8-10-12-14-28(3)29-20-24-34(25-21-29)40-36(38)32-18-16-30(17-19-32)31-22-26-33(27-23-31)39-35(37)15-13-11-9-7-5-2/h16-28H,4-15H2,1-3H3/t28-/m1/s1. The van der Waals surface area contributed by atoms with Crippen LogP contribution < -0.4 is 9.47 Å². The third-order valence-electron chi connectivity index (χ3n) is 7.42. The molecule has 0 radical (unpaired) electrons. The van der Waals surface area contributed by atoms with E-state index in [1.807, 2.05) is 48.5 Å². The number of carbonyl (C=O) groups is 2. The number of hydrogen-bond donors (Lipinski definition) is 0. The lowest BCUT2D eigenvalue weighted by Gasteiger charge is -2.12. The predicted octanol–water partition coefficient (Wildman–Crippen LogP) is 10.3. The molecule has 40 heavy (non-hydrogen) atoms. The molecule has 1 atom stereocenters. The third kappa shape index (κ3) is 10.6. The predicted molar refractivity (Wildman–Crippen MR) is 164 cm³/mol. The summed E-state index contributed by atoms with van der Waals surface area (Å²) in [5.74, 6) is 1.05. The van der Waals surface area contributed by atoms with Gasteiger partial charge in [0.05, 0.1) is 5.56 Å². The van der Waals surface area contributed by atoms with E-state index in [0.29, 0.717) is 29.4 Å². The molecular formula is C36H46O4. The van der Waals surface area contributed by atoms with Crippen LogP contribution in [0.15, 0.2) is 72.8 Å². The average Bonchev–Trinajstić information content (AvgIpc) is 2.97. The fourth-order valence-corrected chi connectivity index (χ4v) is 4.82. The number of esters is 2. The van der Waals surface area contributed by atoms with Crippen molar-refractivity contribution in [2.24, 2.45) is 0 Å². The van der Waals surface area contributed by atoms with Crippen molar-refractivity contribution < 1.29 is 19.1 Å². The van der Waals surface area contributed by atoms with E-state index in [-0.39, 0.29) is 11.9 Å². The van der Waals surface area contributed by atoms with Gasteiger partial charge in [0, 0.05) is 6.42 Å². The molecule has 0 fully saturated rings. The zero-order valence-corrected chi connectivity index (χ0v) is 24.6. The van der Waals surface area contributed by atoms with Gasteiger partial charge in [0.1, 0.15) is 11.5 Å². The van der Waals surface area contributed by atoms with Crippen molar-refractivity contribution in [2.75, 3.05) is 0 Å². The van der Waals surface area contributed by atoms with Crippen molar-refractivity contribution in [1.29, 1.82) is 0 Å². The molecule has 0 aliphatic heterocycles. The maximum atomic E-state index is 12.7. The number of hydrogen-bond acceptors (Lipinski definition) is 4. The minimum Gasteiger partial charge on any atom is -0.427 e. The second-order valence-electron chi connectivity index (χ2n) is 10.8. The van der Waals surface area contributed by atoms with Gasteiger partial charge in [0.25, 0.3) is 0 Å². The molecule has 4 nitrogen and oxygen atoms in total. The maximum Gasteiger partial charge on any atom is 0.343 e. The van der Waals surface area contributed by atoms with Gasteiger partial charge in [-0.05, 0) is 71.8 Å². The van der Waals surface area contributed by atoms with Crippen LogP contribution in [0.3, 0.4) is 0 Å². The van der Waals surface area contributed by atoms with Crippen molar-refractivity contribution in [1.82, 2.24) is 0 Å². The summed E-state index contributed by atoms with van der Waals surface area (Å²) in [4.78, 5) is 24.8. The number of ether oxygens (including phenoxy) is 2. The van der Waals surface area contributed by atoms with Gasteiger partial charge in [-0.2, -0.15) is 0 Å². The molecule has 3 aromatic rings. The molecular weight excluding hydrogens is 496 g/mol. The lowest BCUT2D eigenvalue weighted by molar-refractivity contribution is -0.134. The molecule has 0 saturated heterocycles. The molecule has 214 valence electrons. The Morgan fingerprint density at radius 3 is 1.70 bits per heavy atom. The fraction of sp³-hybridized carbons (Fsp3) is 0.444. The minimum atomic E-state index is -0.375. The second kappa shape index (κ2) is 17.3. The van der Waals surface area contributed by atoms with Crippen molar-refractivity contribution >= 4 is 11.9 Å². The summed E-state index contributed by atoms with van der Waals surface area (Å²) in [6.07, 6.45) is 13.6. The molecule has 0 aliphatic carbocycles. The molecule has 0 aromatic heterocycles. The molecule has 0 saturated carbocycles. The zero-order chi connectivity index (χ0) is 28.6. The van der Waals surface area contributed by atoms with E-state index in [4.69, 9.17) is 9.47 Å². The molecule has 0 aliphatic rings. The van der Waals surface area contributed by atoms with Crippen molar-refractivity contribution in [2.45, 2.75) is 104 Å². The van der Waals surface area contributed by atoms with Gasteiger partial charge in [-0.25, -0.2) is 4.79 Å². The van der Waals surface area contributed by atoms with E-state index >= 15 is 0 Å². The summed E-state index contributed by atoms with van der Waals surface area (Å²) in [5, 5.41) is 0. The van der Waals surface area contributed by atoms with E-state index in [9.17, 15) is 9.59 Å². The van der Waals surface area contributed by atoms with Crippen LogP contribution in [0.5, 0.6) is 11.5 Å². The first-order valence-corrected chi connectivity index (χ1v) is 15.2. The van der Waals surface area contributed by atoms with Gasteiger partial charge in [0.2, 0.25) is 0 Å². The Morgan fingerprint density at radius 1 is 0.600 bits per heavy atom. The Labute approximate surface area is 241 Å². The fourth-order valence-electron chi connectivity index (χ4n) is 4.82. The Bertz CT molecular complexity index is 1150. The summed E-state index contributed by atoms with van der Waals surface area (Å²) in [5.41, 5.74) is 3.73. The van der Waals surface area contributed by atoms with Gasteiger partial charge in [0.15, 0.2) is 0 Å². The number of rotatable bonds is 17. The molecule has 3 aromatic carbocycles. The molecule has 0 N–H and O–H groups in total. The van der Waals surface area contributed by atoms with E-state index in [1.54, 1.807) is 12.1 Å². The van der Waals surface area contributed by atoms with Crippen LogP contribution >= 0.6 is 0 Å². The summed E-state index contributed by atoms with van der Waals surface area (Å²) >= 11 is 0. The largest absolute Gasteiger partial charge is 0.427 e. The van der Waals surface area contributed by atoms with E-state index in [2.05, 4.69) is 32.9 Å². The second-order valence-corrected chi connectivity index (χ2v) is 10.8. The topological polar surface area (TPSA) is 52.6 Å². The van der Waals surface area contributed by atoms with Crippen molar-refractivity contribution in [3.05, 3.63) is 83.9 Å². The summed E-state index contributed by atoms with van der Waals surface area (Å²) in [6, 6.07) is 22.7. The smallest absolute Gasteiger partial charge is 0.343 e. The van der Waals surface area contributed by atoms with Crippen LogP contribution in [0.1, 0.15) is 120 Å². The minimum absolute atomic E-state index is 0.186. The van der Waals surface area contributed by atoms with Crippen LogP contribution in [0.2, 0.25) is 0 Å². The monoisotopic (exact) mass is 542 g/mol. The van der Waals surface area contributed by atoms with Crippen LogP contribution in [-0.4, -0.2) is 11.9 Å². The number of benzene rings is 3. The first-order valence-electron chi connectivity index (χ1n) is 15.2. The average molecular weight is 543 g/mol. The van der Waals surface area contributed by atoms with Gasteiger partial charge in [-0.3, -0.25) is 4.79 Å². The molecule has 0 unspecified atom stereocenters. The van der Waals surface area contributed by atoms with Crippen molar-refractivity contribution in [3.8, 4) is 22.6 Å². The van der Waals surface area contributed by atoms with Crippen LogP contribution in [0.4, 0.5) is 0 Å². The van der Waals surface area contributed by atoms with E-state index in [0.717, 1.165) is 24.0 Å². The van der Waals surface area contributed by atoms with Gasteiger partial charge < -0.3 is 9.47 Å². The van der Waals surface area contributed by atoms with Gasteiger partial charge >= 0.3 is 11.9 Å². The zero-order valence-electron chi connectivity index (χ0n) is 24.6. The van der Waals surface area contributed by atoms with Gasteiger partial charge in [-0.1, -0.05) is 115 Å². The lowest BCUT2D eigenvalue weighted by atomic mass is 9.95. The third-order valence-corrected chi connectivity index (χ3v) is 7.42. The summed E-state index contributed by atoms with van der Waals surface area (Å²) in [6.45, 7) is 6.68. The number of unbranched alkanes of at least 4 members (excludes halogenated alkanes) is 8. The maximum absolute atomic E-state index is 12.7. The number of carbonyl (C=O) groups excluding carboxylic acids is 2. The first-order chi connectivity index (χ1) is 19.5. The molecule has 0 bridgehead atoms. The van der Waals surface area contributed by atoms with E-state index < -0.39 is 0 Å². The SMILES string of the molecule is CCCCCCCC(=O)Oc1ccc(-c2ccc(C(=O)Oc3ccc([C@H](C)CCCCCCC)cc3)cc2)cc1. The highest BCUT2D eigenvalue weighted by molar-refractivity contribution is 5.91. The molecule has 4 heteroatoms. The molecule has 0 spiro atoms. The molecule has 0 amide bonds. The van der Waals surface area contributed by atoms with Crippen LogP contribution in [-0.2, 0) is 4.79 Å². The van der Waals surface area contributed by atoms with Crippen molar-refractivity contribution in [3.63, 3.8) is 0 Å². The quantitative estimate of drug-likeness (QED) is 0.0967. The van der Waals surface area contributed by atoms with E-state index in [1.165, 1.54) is 63.4 Å².